The second kappa shape index (κ2) is 9.23. The number of aliphatic hydroxyl groups is 1. The maximum Gasteiger partial charge on any atom is 0.262 e. The molecule has 3 rings (SSSR count). The molecule has 0 fully saturated rings. The Kier molecular flexibility index (Phi) is 6.68. The Morgan fingerprint density at radius 1 is 1.27 bits per heavy atom. The van der Waals surface area contributed by atoms with Gasteiger partial charge in [-0.1, -0.05) is 0 Å². The lowest BCUT2D eigenvalue weighted by molar-refractivity contribution is 0.0893. The summed E-state index contributed by atoms with van der Waals surface area (Å²) in [5.41, 5.74) is 2.22. The van der Waals surface area contributed by atoms with Gasteiger partial charge >= 0.3 is 0 Å². The normalized spacial score (nSPS) is 12.4. The van der Waals surface area contributed by atoms with E-state index >= 15 is 0 Å². The van der Waals surface area contributed by atoms with Gasteiger partial charge in [0.1, 0.15) is 11.3 Å². The molecule has 0 spiro atoms. The number of aliphatic hydroxyl groups excluding tert-OH is 1. The van der Waals surface area contributed by atoms with Crippen molar-refractivity contribution < 1.29 is 14.6 Å². The fourth-order valence-electron chi connectivity index (χ4n) is 2.85. The predicted octanol–water partition coefficient (Wildman–Crippen LogP) is 2.48. The van der Waals surface area contributed by atoms with Gasteiger partial charge < -0.3 is 24.8 Å². The number of rotatable bonds is 9. The zero-order chi connectivity index (χ0) is 21.8. The van der Waals surface area contributed by atoms with E-state index in [0.29, 0.717) is 35.2 Å². The van der Waals surface area contributed by atoms with E-state index in [2.05, 4.69) is 34.2 Å². The van der Waals surface area contributed by atoms with Gasteiger partial charge in [-0.05, 0) is 45.4 Å². The smallest absolute Gasteiger partial charge is 0.262 e. The molecule has 30 heavy (non-hydrogen) atoms. The van der Waals surface area contributed by atoms with E-state index in [1.165, 1.54) is 0 Å². The van der Waals surface area contributed by atoms with Crippen LogP contribution in [0.25, 0.3) is 11.0 Å². The lowest BCUT2D eigenvalue weighted by Crippen LogP contribution is -2.28. The molecule has 0 aliphatic heterocycles. The van der Waals surface area contributed by atoms with Crippen molar-refractivity contribution in [2.24, 2.45) is 0 Å². The Bertz CT molecular complexity index is 1010. The van der Waals surface area contributed by atoms with Crippen molar-refractivity contribution in [3.8, 4) is 5.88 Å². The summed E-state index contributed by atoms with van der Waals surface area (Å²) in [7, 11) is 3.56. The third kappa shape index (κ3) is 4.60. The SMILES string of the molecule is CO[C@@H](C)Cn1nc(OCO)c2nc(N(C)C(C)C)nc(Nc3cc(C)ccn3)c21. The highest BCUT2D eigenvalue weighted by atomic mass is 16.6. The third-order valence-electron chi connectivity index (χ3n) is 4.83. The maximum atomic E-state index is 9.34. The molecule has 3 heterocycles. The fraction of sp³-hybridized carbons (Fsp3) is 0.500. The predicted molar refractivity (Wildman–Crippen MR) is 115 cm³/mol. The average molecular weight is 415 g/mol. The number of aromatic nitrogens is 5. The van der Waals surface area contributed by atoms with Gasteiger partial charge in [-0.15, -0.1) is 5.10 Å². The Morgan fingerprint density at radius 2 is 2.03 bits per heavy atom. The second-order valence-electron chi connectivity index (χ2n) is 7.42. The number of anilines is 3. The fourth-order valence-corrected chi connectivity index (χ4v) is 2.85. The first-order chi connectivity index (χ1) is 14.3. The molecule has 0 radical (unpaired) electrons. The zero-order valence-corrected chi connectivity index (χ0v) is 18.2. The van der Waals surface area contributed by atoms with E-state index in [9.17, 15) is 5.11 Å². The van der Waals surface area contributed by atoms with E-state index in [1.807, 2.05) is 37.9 Å². The number of ether oxygens (including phenoxy) is 2. The average Bonchev–Trinajstić information content (AvgIpc) is 3.05. The maximum absolute atomic E-state index is 9.34. The van der Waals surface area contributed by atoms with E-state index in [0.717, 1.165) is 5.56 Å². The van der Waals surface area contributed by atoms with Crippen molar-refractivity contribution >= 4 is 28.6 Å². The van der Waals surface area contributed by atoms with Crippen molar-refractivity contribution in [1.29, 1.82) is 0 Å². The highest BCUT2D eigenvalue weighted by molar-refractivity contribution is 5.92. The molecule has 0 amide bonds. The molecule has 0 saturated heterocycles. The molecular formula is C20H29N7O3. The van der Waals surface area contributed by atoms with Crippen LogP contribution in [-0.2, 0) is 11.3 Å². The number of methoxy groups -OCH3 is 1. The molecule has 1 atom stereocenters. The molecule has 3 aromatic heterocycles. The lowest BCUT2D eigenvalue weighted by Gasteiger charge is -2.22. The van der Waals surface area contributed by atoms with Crippen LogP contribution in [0.2, 0.25) is 0 Å². The monoisotopic (exact) mass is 415 g/mol. The molecule has 10 heteroatoms. The molecule has 0 aliphatic rings. The summed E-state index contributed by atoms with van der Waals surface area (Å²) in [5.74, 6) is 1.95. The van der Waals surface area contributed by atoms with Gasteiger partial charge in [-0.25, -0.2) is 9.97 Å². The summed E-state index contributed by atoms with van der Waals surface area (Å²) in [6, 6.07) is 4.04. The van der Waals surface area contributed by atoms with Gasteiger partial charge in [-0.2, -0.15) is 4.98 Å². The second-order valence-corrected chi connectivity index (χ2v) is 7.42. The summed E-state index contributed by atoms with van der Waals surface area (Å²) in [6.45, 7) is 8.00. The number of aryl methyl sites for hydroxylation is 1. The van der Waals surface area contributed by atoms with Gasteiger partial charge in [0.25, 0.3) is 5.88 Å². The summed E-state index contributed by atoms with van der Waals surface area (Å²) in [4.78, 5) is 15.8. The van der Waals surface area contributed by atoms with Crippen LogP contribution < -0.4 is 15.0 Å². The highest BCUT2D eigenvalue weighted by Crippen LogP contribution is 2.32. The minimum Gasteiger partial charge on any atom is -0.448 e. The van der Waals surface area contributed by atoms with Crippen LogP contribution in [0.5, 0.6) is 5.88 Å². The van der Waals surface area contributed by atoms with Crippen LogP contribution in [-0.4, -0.2) is 62.9 Å². The number of hydrogen-bond acceptors (Lipinski definition) is 9. The van der Waals surface area contributed by atoms with Gasteiger partial charge in [0, 0.05) is 26.4 Å². The number of nitrogens with one attached hydrogen (secondary N) is 1. The molecule has 2 N–H and O–H groups in total. The van der Waals surface area contributed by atoms with Gasteiger partial charge in [0.05, 0.1) is 12.6 Å². The van der Waals surface area contributed by atoms with Crippen molar-refractivity contribution in [1.82, 2.24) is 24.7 Å². The summed E-state index contributed by atoms with van der Waals surface area (Å²) < 4.78 is 12.5. The number of hydrogen-bond donors (Lipinski definition) is 2. The standard InChI is InChI=1S/C20H29N7O3/c1-12(2)26(5)20-23-16-17(18(24-20)22-15-9-13(3)7-8-21-15)27(10-14(4)29-6)25-19(16)30-11-28/h7-9,12,14,28H,10-11H2,1-6H3,(H,21,22,23,24)/t14-/m0/s1. The first-order valence-corrected chi connectivity index (χ1v) is 9.81. The molecule has 0 aromatic carbocycles. The van der Waals surface area contributed by atoms with Crippen LogP contribution in [0.3, 0.4) is 0 Å². The Hall–Kier alpha value is -2.98. The van der Waals surface area contributed by atoms with Crippen molar-refractivity contribution in [3.05, 3.63) is 23.9 Å². The first-order valence-electron chi connectivity index (χ1n) is 9.81. The van der Waals surface area contributed by atoms with Gasteiger partial charge in [-0.3, -0.25) is 4.68 Å². The lowest BCUT2D eigenvalue weighted by atomic mass is 10.3. The molecule has 10 nitrogen and oxygen atoms in total. The quantitative estimate of drug-likeness (QED) is 0.509. The Labute approximate surface area is 175 Å². The van der Waals surface area contributed by atoms with Crippen LogP contribution >= 0.6 is 0 Å². The van der Waals surface area contributed by atoms with Crippen LogP contribution in [0.15, 0.2) is 18.3 Å². The van der Waals surface area contributed by atoms with Crippen molar-refractivity contribution in [2.75, 3.05) is 31.2 Å². The Morgan fingerprint density at radius 3 is 2.67 bits per heavy atom. The van der Waals surface area contributed by atoms with E-state index < -0.39 is 6.79 Å². The molecule has 0 saturated carbocycles. The largest absolute Gasteiger partial charge is 0.448 e. The van der Waals surface area contributed by atoms with E-state index in [1.54, 1.807) is 18.0 Å². The summed E-state index contributed by atoms with van der Waals surface area (Å²) >= 11 is 0. The molecule has 0 aliphatic carbocycles. The van der Waals surface area contributed by atoms with Crippen molar-refractivity contribution in [2.45, 2.75) is 46.4 Å². The topological polar surface area (TPSA) is 110 Å². The van der Waals surface area contributed by atoms with Gasteiger partial charge in [0.2, 0.25) is 5.95 Å². The third-order valence-corrected chi connectivity index (χ3v) is 4.83. The van der Waals surface area contributed by atoms with Crippen molar-refractivity contribution in [3.63, 3.8) is 0 Å². The molecule has 0 bridgehead atoms. The van der Waals surface area contributed by atoms with Crippen LogP contribution in [0.4, 0.5) is 17.6 Å². The van der Waals surface area contributed by atoms with Crippen LogP contribution in [0.1, 0.15) is 26.3 Å². The van der Waals surface area contributed by atoms with Crippen LogP contribution in [0, 0.1) is 6.92 Å². The van der Waals surface area contributed by atoms with E-state index in [-0.39, 0.29) is 18.0 Å². The van der Waals surface area contributed by atoms with Gasteiger partial charge in [0.15, 0.2) is 18.1 Å². The molecule has 3 aromatic rings. The Balaban J connectivity index is 2.22. The molecule has 0 unspecified atom stereocenters. The highest BCUT2D eigenvalue weighted by Gasteiger charge is 2.23. The zero-order valence-electron chi connectivity index (χ0n) is 18.2. The number of pyridine rings is 1. The molecule has 162 valence electrons. The van der Waals surface area contributed by atoms with E-state index in [4.69, 9.17) is 14.5 Å². The summed E-state index contributed by atoms with van der Waals surface area (Å²) in [6.07, 6.45) is 1.64. The minimum absolute atomic E-state index is 0.0990. The minimum atomic E-state index is -0.506. The number of nitrogens with zero attached hydrogens (tertiary/aromatic N) is 6. The first kappa shape index (κ1) is 21.7. The molecular weight excluding hydrogens is 386 g/mol. The summed E-state index contributed by atoms with van der Waals surface area (Å²) in [5, 5.41) is 17.1. The number of fused-ring (bicyclic) bond motifs is 1.